The maximum atomic E-state index is 14.6. The third kappa shape index (κ3) is 3.87. The van der Waals surface area contributed by atoms with Crippen molar-refractivity contribution in [3.8, 4) is 11.3 Å². The summed E-state index contributed by atoms with van der Waals surface area (Å²) in [4.78, 5) is 14.8. The SMILES string of the molecule is O=C(Nc1ccc(N2CCOCC2)c(F)c1)c1ccc2noc(-c3ccccc3)c2c1. The number of nitrogens with zero attached hydrogens (tertiary/aromatic N) is 2. The monoisotopic (exact) mass is 417 g/mol. The smallest absolute Gasteiger partial charge is 0.255 e. The summed E-state index contributed by atoms with van der Waals surface area (Å²) in [6.07, 6.45) is 0. The summed E-state index contributed by atoms with van der Waals surface area (Å²) >= 11 is 0. The van der Waals surface area contributed by atoms with Crippen molar-refractivity contribution < 1.29 is 18.4 Å². The predicted molar refractivity (Wildman–Crippen MR) is 117 cm³/mol. The van der Waals surface area contributed by atoms with Gasteiger partial charge in [-0.2, -0.15) is 0 Å². The number of amides is 1. The van der Waals surface area contributed by atoms with Crippen LogP contribution in [0.1, 0.15) is 10.4 Å². The van der Waals surface area contributed by atoms with Gasteiger partial charge in [-0.15, -0.1) is 0 Å². The number of morpholine rings is 1. The van der Waals surface area contributed by atoms with Crippen LogP contribution in [-0.2, 0) is 4.74 Å². The number of hydrogen-bond acceptors (Lipinski definition) is 5. The molecule has 1 aromatic heterocycles. The molecular weight excluding hydrogens is 397 g/mol. The highest BCUT2D eigenvalue weighted by Gasteiger charge is 2.17. The molecule has 0 aliphatic carbocycles. The van der Waals surface area contributed by atoms with Crippen LogP contribution in [0, 0.1) is 5.82 Å². The molecule has 0 spiro atoms. The van der Waals surface area contributed by atoms with E-state index in [0.717, 1.165) is 10.9 Å². The lowest BCUT2D eigenvalue weighted by Gasteiger charge is -2.29. The maximum absolute atomic E-state index is 14.6. The van der Waals surface area contributed by atoms with Crippen molar-refractivity contribution in [1.29, 1.82) is 0 Å². The van der Waals surface area contributed by atoms with Gasteiger partial charge in [0.15, 0.2) is 5.76 Å². The van der Waals surface area contributed by atoms with Gasteiger partial charge in [-0.3, -0.25) is 4.79 Å². The molecule has 5 rings (SSSR count). The van der Waals surface area contributed by atoms with Gasteiger partial charge >= 0.3 is 0 Å². The number of carbonyl (C=O) groups is 1. The van der Waals surface area contributed by atoms with Crippen molar-refractivity contribution in [3.63, 3.8) is 0 Å². The largest absolute Gasteiger partial charge is 0.378 e. The van der Waals surface area contributed by atoms with Gasteiger partial charge in [0, 0.05) is 29.9 Å². The molecule has 1 amide bonds. The zero-order valence-corrected chi connectivity index (χ0v) is 16.7. The summed E-state index contributed by atoms with van der Waals surface area (Å²) in [6, 6.07) is 19.5. The van der Waals surface area contributed by atoms with Crippen LogP contribution < -0.4 is 10.2 Å². The molecule has 1 aliphatic rings. The van der Waals surface area contributed by atoms with E-state index in [1.165, 1.54) is 6.07 Å². The van der Waals surface area contributed by atoms with E-state index < -0.39 is 0 Å². The lowest BCUT2D eigenvalue weighted by atomic mass is 10.1. The van der Waals surface area contributed by atoms with E-state index in [0.29, 0.717) is 54.5 Å². The lowest BCUT2D eigenvalue weighted by molar-refractivity contribution is 0.102. The van der Waals surface area contributed by atoms with Gasteiger partial charge in [-0.1, -0.05) is 35.5 Å². The molecular formula is C24H20FN3O3. The Morgan fingerprint density at radius 3 is 2.58 bits per heavy atom. The zero-order valence-electron chi connectivity index (χ0n) is 16.7. The maximum Gasteiger partial charge on any atom is 0.255 e. The third-order valence-corrected chi connectivity index (χ3v) is 5.33. The number of rotatable bonds is 4. The first kappa shape index (κ1) is 19.3. The van der Waals surface area contributed by atoms with Gasteiger partial charge in [-0.25, -0.2) is 4.39 Å². The number of carbonyl (C=O) groups excluding carboxylic acids is 1. The molecule has 1 saturated heterocycles. The summed E-state index contributed by atoms with van der Waals surface area (Å²) in [5.74, 6) is -0.104. The highest BCUT2D eigenvalue weighted by atomic mass is 19.1. The van der Waals surface area contributed by atoms with E-state index >= 15 is 0 Å². The van der Waals surface area contributed by atoms with Crippen LogP contribution in [0.3, 0.4) is 0 Å². The van der Waals surface area contributed by atoms with Gasteiger partial charge in [0.25, 0.3) is 5.91 Å². The molecule has 1 aliphatic heterocycles. The van der Waals surface area contributed by atoms with Crippen molar-refractivity contribution >= 4 is 28.2 Å². The quantitative estimate of drug-likeness (QED) is 0.520. The minimum atomic E-state index is -0.374. The average molecular weight is 417 g/mol. The van der Waals surface area contributed by atoms with E-state index in [4.69, 9.17) is 9.26 Å². The number of benzene rings is 3. The Hall–Kier alpha value is -3.71. The molecule has 2 heterocycles. The van der Waals surface area contributed by atoms with Crippen LogP contribution in [0.2, 0.25) is 0 Å². The Kier molecular flexibility index (Phi) is 5.09. The van der Waals surface area contributed by atoms with E-state index in [1.54, 1.807) is 30.3 Å². The lowest BCUT2D eigenvalue weighted by Crippen LogP contribution is -2.36. The van der Waals surface area contributed by atoms with Gasteiger partial charge < -0.3 is 19.5 Å². The van der Waals surface area contributed by atoms with Crippen LogP contribution in [0.4, 0.5) is 15.8 Å². The zero-order chi connectivity index (χ0) is 21.2. The van der Waals surface area contributed by atoms with Crippen LogP contribution in [0.25, 0.3) is 22.2 Å². The summed E-state index contributed by atoms with van der Waals surface area (Å²) < 4.78 is 25.5. The standard InChI is InChI=1S/C24H20FN3O3/c25-20-15-18(7-9-22(20)28-10-12-30-13-11-28)26-24(29)17-6-8-21-19(14-17)23(31-27-21)16-4-2-1-3-5-16/h1-9,14-15H,10-13H2,(H,26,29). The fourth-order valence-corrected chi connectivity index (χ4v) is 3.73. The van der Waals surface area contributed by atoms with E-state index in [-0.39, 0.29) is 11.7 Å². The second-order valence-electron chi connectivity index (χ2n) is 7.33. The summed E-state index contributed by atoms with van der Waals surface area (Å²) in [5.41, 5.74) is 2.89. The fourth-order valence-electron chi connectivity index (χ4n) is 3.73. The Bertz CT molecular complexity index is 1230. The Morgan fingerprint density at radius 1 is 1.00 bits per heavy atom. The molecule has 3 aromatic carbocycles. The van der Waals surface area contributed by atoms with E-state index in [9.17, 15) is 9.18 Å². The van der Waals surface area contributed by atoms with Crippen molar-refractivity contribution in [2.24, 2.45) is 0 Å². The third-order valence-electron chi connectivity index (χ3n) is 5.33. The predicted octanol–water partition coefficient (Wildman–Crippen LogP) is 4.72. The second kappa shape index (κ2) is 8.20. The van der Waals surface area contributed by atoms with Gasteiger partial charge in [0.2, 0.25) is 0 Å². The molecule has 7 heteroatoms. The molecule has 0 bridgehead atoms. The topological polar surface area (TPSA) is 67.6 Å². The normalized spacial score (nSPS) is 14.0. The molecule has 31 heavy (non-hydrogen) atoms. The highest BCUT2D eigenvalue weighted by Crippen LogP contribution is 2.30. The number of hydrogen-bond donors (Lipinski definition) is 1. The minimum Gasteiger partial charge on any atom is -0.378 e. The van der Waals surface area contributed by atoms with Crippen molar-refractivity contribution in [1.82, 2.24) is 5.16 Å². The highest BCUT2D eigenvalue weighted by molar-refractivity contribution is 6.07. The van der Waals surface area contributed by atoms with E-state index in [1.807, 2.05) is 35.2 Å². The fraction of sp³-hybridized carbons (Fsp3) is 0.167. The molecule has 0 atom stereocenters. The number of ether oxygens (including phenoxy) is 1. The first-order chi connectivity index (χ1) is 15.2. The molecule has 0 radical (unpaired) electrons. The molecule has 1 fully saturated rings. The van der Waals surface area contributed by atoms with E-state index in [2.05, 4.69) is 10.5 Å². The number of halogens is 1. The Morgan fingerprint density at radius 2 is 1.81 bits per heavy atom. The number of anilines is 2. The number of nitrogens with one attached hydrogen (secondary N) is 1. The molecule has 0 saturated carbocycles. The van der Waals surface area contributed by atoms with Crippen LogP contribution >= 0.6 is 0 Å². The number of aromatic nitrogens is 1. The average Bonchev–Trinajstić information content (AvgIpc) is 3.23. The summed E-state index contributed by atoms with van der Waals surface area (Å²) in [6.45, 7) is 2.44. The van der Waals surface area contributed by atoms with Crippen molar-refractivity contribution in [3.05, 3.63) is 78.1 Å². The molecule has 4 aromatic rings. The molecule has 156 valence electrons. The summed E-state index contributed by atoms with van der Waals surface area (Å²) in [5, 5.41) is 7.59. The van der Waals surface area contributed by atoms with Crippen LogP contribution in [-0.4, -0.2) is 37.4 Å². The first-order valence-electron chi connectivity index (χ1n) is 10.1. The van der Waals surface area contributed by atoms with Crippen LogP contribution in [0.15, 0.2) is 71.3 Å². The Labute approximate surface area is 178 Å². The van der Waals surface area contributed by atoms with Crippen LogP contribution in [0.5, 0.6) is 0 Å². The first-order valence-corrected chi connectivity index (χ1v) is 10.1. The van der Waals surface area contributed by atoms with Crippen molar-refractivity contribution in [2.75, 3.05) is 36.5 Å². The Balaban J connectivity index is 1.38. The number of fused-ring (bicyclic) bond motifs is 1. The molecule has 1 N–H and O–H groups in total. The van der Waals surface area contributed by atoms with Crippen molar-refractivity contribution in [2.45, 2.75) is 0 Å². The molecule has 6 nitrogen and oxygen atoms in total. The summed E-state index contributed by atoms with van der Waals surface area (Å²) in [7, 11) is 0. The van der Waals surface area contributed by atoms with Gasteiger partial charge in [0.05, 0.1) is 24.3 Å². The van der Waals surface area contributed by atoms with Gasteiger partial charge in [0.1, 0.15) is 11.3 Å². The van der Waals surface area contributed by atoms with Gasteiger partial charge in [-0.05, 0) is 36.4 Å². The second-order valence-corrected chi connectivity index (χ2v) is 7.33. The minimum absolute atomic E-state index is 0.333. The molecule has 0 unspecified atom stereocenters.